The van der Waals surface area contributed by atoms with E-state index in [9.17, 15) is 22.8 Å². The van der Waals surface area contributed by atoms with Gasteiger partial charge in [0.2, 0.25) is 27.7 Å². The van der Waals surface area contributed by atoms with Gasteiger partial charge in [0.05, 0.1) is 5.75 Å². The minimum absolute atomic E-state index is 0.0124. The predicted molar refractivity (Wildman–Crippen MR) is 98.6 cm³/mol. The van der Waals surface area contributed by atoms with Crippen molar-refractivity contribution in [1.82, 2.24) is 15.4 Å². The second-order valence-corrected chi connectivity index (χ2v) is 9.75. The lowest BCUT2D eigenvalue weighted by Gasteiger charge is -2.30. The zero-order valence-electron chi connectivity index (χ0n) is 16.1. The lowest BCUT2D eigenvalue weighted by molar-refractivity contribution is -0.129. The third-order valence-corrected chi connectivity index (χ3v) is 5.71. The fraction of sp³-hybridized carbons (Fsp3) is 0.824. The Balaban J connectivity index is 2.30. The quantitative estimate of drug-likeness (QED) is 0.591. The minimum atomic E-state index is -3.56. The van der Waals surface area contributed by atoms with E-state index < -0.39 is 21.3 Å². The smallest absolute Gasteiger partial charge is 0.235 e. The average molecular weight is 390 g/mol. The monoisotopic (exact) mass is 389 g/mol. The van der Waals surface area contributed by atoms with E-state index >= 15 is 0 Å². The Hall–Kier alpha value is -1.64. The maximum absolute atomic E-state index is 12.2. The molecule has 0 saturated heterocycles. The van der Waals surface area contributed by atoms with E-state index in [4.69, 9.17) is 0 Å². The highest BCUT2D eigenvalue weighted by atomic mass is 32.2. The van der Waals surface area contributed by atoms with Crippen LogP contribution in [0.25, 0.3) is 0 Å². The van der Waals surface area contributed by atoms with Gasteiger partial charge in [-0.15, -0.1) is 0 Å². The summed E-state index contributed by atoms with van der Waals surface area (Å²) in [7, 11) is -3.56. The van der Waals surface area contributed by atoms with Crippen molar-refractivity contribution in [3.63, 3.8) is 0 Å². The lowest BCUT2D eigenvalue weighted by Crippen LogP contribution is -2.45. The molecule has 0 aromatic carbocycles. The molecule has 3 amide bonds. The van der Waals surface area contributed by atoms with Crippen molar-refractivity contribution in [2.45, 2.75) is 65.8 Å². The topological polar surface area (TPSA) is 121 Å². The molecule has 26 heavy (non-hydrogen) atoms. The van der Waals surface area contributed by atoms with Crippen LogP contribution >= 0.6 is 0 Å². The molecule has 8 nitrogen and oxygen atoms in total. The van der Waals surface area contributed by atoms with E-state index in [0.717, 1.165) is 12.8 Å². The number of carbonyl (C=O) groups excluding carboxylic acids is 3. The van der Waals surface area contributed by atoms with Gasteiger partial charge in [-0.1, -0.05) is 20.8 Å². The minimum Gasteiger partial charge on any atom is -0.355 e. The molecular formula is C17H31N3O5S. The third-order valence-electron chi connectivity index (χ3n) is 4.42. The molecule has 0 aromatic rings. The van der Waals surface area contributed by atoms with E-state index in [-0.39, 0.29) is 42.5 Å². The molecule has 0 bridgehead atoms. The van der Waals surface area contributed by atoms with Gasteiger partial charge in [-0.3, -0.25) is 19.1 Å². The van der Waals surface area contributed by atoms with Crippen LogP contribution in [0.2, 0.25) is 0 Å². The number of amides is 3. The Morgan fingerprint density at radius 2 is 1.62 bits per heavy atom. The Kier molecular flexibility index (Phi) is 8.05. The van der Waals surface area contributed by atoms with Crippen LogP contribution < -0.4 is 15.4 Å². The van der Waals surface area contributed by atoms with Crippen molar-refractivity contribution in [3.8, 4) is 0 Å². The second-order valence-electron chi connectivity index (χ2n) is 7.74. The fourth-order valence-corrected chi connectivity index (χ4v) is 3.24. The highest BCUT2D eigenvalue weighted by Crippen LogP contribution is 2.25. The number of nitrogens with one attached hydrogen (secondary N) is 3. The van der Waals surface area contributed by atoms with Crippen LogP contribution in [-0.2, 0) is 24.4 Å². The van der Waals surface area contributed by atoms with Gasteiger partial charge in [-0.25, -0.2) is 8.42 Å². The molecule has 0 heterocycles. The Morgan fingerprint density at radius 1 is 1.04 bits per heavy atom. The molecule has 1 aliphatic carbocycles. The van der Waals surface area contributed by atoms with E-state index in [1.165, 1.54) is 6.92 Å². The summed E-state index contributed by atoms with van der Waals surface area (Å²) in [5.41, 5.74) is -0.431. The van der Waals surface area contributed by atoms with E-state index in [1.54, 1.807) is 0 Å². The zero-order valence-corrected chi connectivity index (χ0v) is 16.9. The number of sulfonamides is 1. The highest BCUT2D eigenvalue weighted by Gasteiger charge is 2.29. The predicted octanol–water partition coefficient (Wildman–Crippen LogP) is 0.680. The summed E-state index contributed by atoms with van der Waals surface area (Å²) in [5.74, 6) is -1.05. The van der Waals surface area contributed by atoms with E-state index in [0.29, 0.717) is 12.8 Å². The molecular weight excluding hydrogens is 358 g/mol. The van der Waals surface area contributed by atoms with Crippen molar-refractivity contribution in [1.29, 1.82) is 0 Å². The van der Waals surface area contributed by atoms with Crippen LogP contribution in [0.1, 0.15) is 59.8 Å². The van der Waals surface area contributed by atoms with Crippen molar-refractivity contribution in [2.24, 2.45) is 11.3 Å². The molecule has 0 aromatic heterocycles. The maximum Gasteiger partial charge on any atom is 0.235 e. The molecule has 1 fully saturated rings. The molecule has 0 radical (unpaired) electrons. The summed E-state index contributed by atoms with van der Waals surface area (Å²) in [6.07, 6.45) is 2.76. The van der Waals surface area contributed by atoms with Gasteiger partial charge in [0.25, 0.3) is 0 Å². The summed E-state index contributed by atoms with van der Waals surface area (Å²) in [6.45, 7) is 7.14. The van der Waals surface area contributed by atoms with Gasteiger partial charge in [0.15, 0.2) is 0 Å². The van der Waals surface area contributed by atoms with Crippen molar-refractivity contribution >= 4 is 27.7 Å². The number of hydrogen-bond donors (Lipinski definition) is 3. The van der Waals surface area contributed by atoms with Crippen LogP contribution in [0.15, 0.2) is 0 Å². The van der Waals surface area contributed by atoms with E-state index in [2.05, 4.69) is 10.6 Å². The SMILES string of the molecule is CCS(=O)(=O)NC(=O)CCNC(=O)[C@H]1CC[C@@H](NC(=O)C(C)(C)C)CC1. The largest absolute Gasteiger partial charge is 0.355 e. The molecule has 3 N–H and O–H groups in total. The first-order valence-corrected chi connectivity index (χ1v) is 10.7. The summed E-state index contributed by atoms with van der Waals surface area (Å²) < 4.78 is 24.5. The Morgan fingerprint density at radius 3 is 2.12 bits per heavy atom. The van der Waals surface area contributed by atoms with Gasteiger partial charge in [0, 0.05) is 30.3 Å². The van der Waals surface area contributed by atoms with Crippen LogP contribution in [0.4, 0.5) is 0 Å². The molecule has 150 valence electrons. The average Bonchev–Trinajstić information content (AvgIpc) is 2.54. The summed E-state index contributed by atoms with van der Waals surface area (Å²) in [5, 5.41) is 5.71. The molecule has 0 aliphatic heterocycles. The van der Waals surface area contributed by atoms with Crippen molar-refractivity contribution in [2.75, 3.05) is 12.3 Å². The first-order chi connectivity index (χ1) is 11.9. The zero-order chi connectivity index (χ0) is 20.0. The molecule has 1 saturated carbocycles. The molecule has 1 aliphatic rings. The van der Waals surface area contributed by atoms with Crippen LogP contribution in [0, 0.1) is 11.3 Å². The van der Waals surface area contributed by atoms with Gasteiger partial charge < -0.3 is 10.6 Å². The van der Waals surface area contributed by atoms with Gasteiger partial charge >= 0.3 is 0 Å². The molecule has 9 heteroatoms. The van der Waals surface area contributed by atoms with Crippen molar-refractivity contribution in [3.05, 3.63) is 0 Å². The highest BCUT2D eigenvalue weighted by molar-refractivity contribution is 7.90. The van der Waals surface area contributed by atoms with Gasteiger partial charge in [-0.05, 0) is 32.6 Å². The molecule has 0 atom stereocenters. The Bertz CT molecular complexity index is 617. The first kappa shape index (κ1) is 22.4. The number of rotatable bonds is 7. The van der Waals surface area contributed by atoms with Gasteiger partial charge in [-0.2, -0.15) is 0 Å². The summed E-state index contributed by atoms with van der Waals surface area (Å²) in [4.78, 5) is 35.7. The Labute approximate surface area is 155 Å². The normalized spacial score (nSPS) is 20.9. The third kappa shape index (κ3) is 7.72. The van der Waals surface area contributed by atoms with Crippen LogP contribution in [0.5, 0.6) is 0 Å². The molecule has 0 spiro atoms. The lowest BCUT2D eigenvalue weighted by atomic mass is 9.84. The van der Waals surface area contributed by atoms with E-state index in [1.807, 2.05) is 25.5 Å². The van der Waals surface area contributed by atoms with Crippen LogP contribution in [0.3, 0.4) is 0 Å². The van der Waals surface area contributed by atoms with Gasteiger partial charge in [0.1, 0.15) is 0 Å². The summed E-state index contributed by atoms with van der Waals surface area (Å²) in [6, 6.07) is 0.0933. The standard InChI is InChI=1S/C17H31N3O5S/c1-5-26(24,25)20-14(21)10-11-18-15(22)12-6-8-13(9-7-12)19-16(23)17(2,3)4/h12-13H,5-11H2,1-4H3,(H,18,22)(H,19,23)(H,20,21)/t12-,13+. The molecule has 0 unspecified atom stereocenters. The van der Waals surface area contributed by atoms with Crippen LogP contribution in [-0.4, -0.2) is 44.5 Å². The fourth-order valence-electron chi connectivity index (χ4n) is 2.64. The van der Waals surface area contributed by atoms with Crippen molar-refractivity contribution < 1.29 is 22.8 Å². The number of carbonyl (C=O) groups is 3. The summed E-state index contributed by atoms with van der Waals surface area (Å²) >= 11 is 0. The number of hydrogen-bond acceptors (Lipinski definition) is 5. The maximum atomic E-state index is 12.2. The molecule has 1 rings (SSSR count). The first-order valence-electron chi connectivity index (χ1n) is 9.06. The second kappa shape index (κ2) is 9.34.